The van der Waals surface area contributed by atoms with Gasteiger partial charge in [-0.1, -0.05) is 11.6 Å². The van der Waals surface area contributed by atoms with Gasteiger partial charge in [-0.25, -0.2) is 0 Å². The van der Waals surface area contributed by atoms with Crippen molar-refractivity contribution in [2.24, 2.45) is 10.9 Å². The fraction of sp³-hybridized carbons (Fsp3) is 0.440. The highest BCUT2D eigenvalue weighted by Crippen LogP contribution is 2.27. The summed E-state index contributed by atoms with van der Waals surface area (Å²) in [7, 11) is 0. The Morgan fingerprint density at radius 2 is 1.62 bits per heavy atom. The first kappa shape index (κ1) is 25.5. The fourth-order valence-electron chi connectivity index (χ4n) is 3.45. The molecule has 0 fully saturated rings. The van der Waals surface area contributed by atoms with E-state index in [2.05, 4.69) is 5.10 Å². The third kappa shape index (κ3) is 7.75. The standard InChI is InChI=1S/C25H34ClN3O3/c1-18(2)29(19(3)4)25(30)21-10-13-24(23(26)16-21)32-15-7-5-6-14-31-22-11-8-20(9-12-22)17-28-27/h8-13,16-19H,5-7,14-15,27H2,1-4H3. The molecule has 0 atom stereocenters. The van der Waals surface area contributed by atoms with E-state index in [4.69, 9.17) is 26.9 Å². The van der Waals surface area contributed by atoms with Crippen molar-refractivity contribution in [1.29, 1.82) is 0 Å². The largest absolute Gasteiger partial charge is 0.494 e. The number of carbonyl (C=O) groups is 1. The molecule has 0 aliphatic carbocycles. The molecule has 2 aromatic carbocycles. The first-order valence-electron chi connectivity index (χ1n) is 11.0. The lowest BCUT2D eigenvalue weighted by molar-refractivity contribution is 0.0643. The zero-order valence-electron chi connectivity index (χ0n) is 19.4. The molecule has 6 nitrogen and oxygen atoms in total. The van der Waals surface area contributed by atoms with Gasteiger partial charge in [-0.3, -0.25) is 4.79 Å². The molecule has 0 aliphatic rings. The lowest BCUT2D eigenvalue weighted by Crippen LogP contribution is -2.42. The van der Waals surface area contributed by atoms with Crippen molar-refractivity contribution in [3.8, 4) is 11.5 Å². The summed E-state index contributed by atoms with van der Waals surface area (Å²) in [6, 6.07) is 13.1. The molecule has 2 rings (SSSR count). The molecule has 7 heteroatoms. The van der Waals surface area contributed by atoms with Gasteiger partial charge in [-0.15, -0.1) is 0 Å². The number of hydrazone groups is 1. The number of amides is 1. The summed E-state index contributed by atoms with van der Waals surface area (Å²) in [5, 5.41) is 3.95. The summed E-state index contributed by atoms with van der Waals surface area (Å²) in [5.41, 5.74) is 1.51. The van der Waals surface area contributed by atoms with E-state index in [1.54, 1.807) is 24.4 Å². The third-order valence-corrected chi connectivity index (χ3v) is 5.24. The quantitative estimate of drug-likeness (QED) is 0.196. The first-order valence-corrected chi connectivity index (χ1v) is 11.4. The number of nitrogens with two attached hydrogens (primary N) is 1. The predicted molar refractivity (Wildman–Crippen MR) is 131 cm³/mol. The zero-order valence-corrected chi connectivity index (χ0v) is 20.1. The zero-order chi connectivity index (χ0) is 23.5. The number of hydrogen-bond acceptors (Lipinski definition) is 5. The Labute approximate surface area is 196 Å². The van der Waals surface area contributed by atoms with Gasteiger partial charge in [-0.2, -0.15) is 5.10 Å². The van der Waals surface area contributed by atoms with Crippen molar-refractivity contribution in [2.75, 3.05) is 13.2 Å². The molecular weight excluding hydrogens is 426 g/mol. The average Bonchev–Trinajstić information content (AvgIpc) is 2.74. The van der Waals surface area contributed by atoms with E-state index in [1.165, 1.54) is 0 Å². The summed E-state index contributed by atoms with van der Waals surface area (Å²) in [6.45, 7) is 9.24. The normalized spacial score (nSPS) is 11.3. The van der Waals surface area contributed by atoms with Crippen LogP contribution >= 0.6 is 11.6 Å². The maximum atomic E-state index is 12.8. The van der Waals surface area contributed by atoms with Crippen molar-refractivity contribution < 1.29 is 14.3 Å². The van der Waals surface area contributed by atoms with Crippen LogP contribution in [0.5, 0.6) is 11.5 Å². The molecule has 0 heterocycles. The Morgan fingerprint density at radius 1 is 1.00 bits per heavy atom. The van der Waals surface area contributed by atoms with E-state index in [9.17, 15) is 4.79 Å². The molecule has 2 N–H and O–H groups in total. The molecule has 0 spiro atoms. The number of rotatable bonds is 12. The van der Waals surface area contributed by atoms with Crippen molar-refractivity contribution in [2.45, 2.75) is 59.0 Å². The number of benzene rings is 2. The highest BCUT2D eigenvalue weighted by Gasteiger charge is 2.22. The van der Waals surface area contributed by atoms with Gasteiger partial charge in [0.15, 0.2) is 0 Å². The number of ether oxygens (including phenoxy) is 2. The van der Waals surface area contributed by atoms with Gasteiger partial charge in [0.25, 0.3) is 5.91 Å². The molecule has 0 unspecified atom stereocenters. The van der Waals surface area contributed by atoms with Crippen molar-refractivity contribution >= 4 is 23.7 Å². The van der Waals surface area contributed by atoms with Gasteiger partial charge in [0.05, 0.1) is 24.5 Å². The first-order chi connectivity index (χ1) is 15.3. The minimum atomic E-state index is -0.0226. The summed E-state index contributed by atoms with van der Waals surface area (Å²) < 4.78 is 11.5. The van der Waals surface area contributed by atoms with Crippen LogP contribution in [0.4, 0.5) is 0 Å². The number of carbonyl (C=O) groups excluding carboxylic acids is 1. The summed E-state index contributed by atoms with van der Waals surface area (Å²) in [4.78, 5) is 14.6. The molecule has 0 saturated heterocycles. The van der Waals surface area contributed by atoms with Gasteiger partial charge in [0, 0.05) is 17.6 Å². The lowest BCUT2D eigenvalue weighted by atomic mass is 10.1. The van der Waals surface area contributed by atoms with Gasteiger partial charge in [0.2, 0.25) is 0 Å². The van der Waals surface area contributed by atoms with E-state index >= 15 is 0 Å². The topological polar surface area (TPSA) is 77.2 Å². The van der Waals surface area contributed by atoms with Crippen LogP contribution in [0, 0.1) is 0 Å². The van der Waals surface area contributed by atoms with Crippen molar-refractivity contribution in [3.05, 3.63) is 58.6 Å². The Balaban J connectivity index is 1.72. The van der Waals surface area contributed by atoms with Gasteiger partial charge in [0.1, 0.15) is 11.5 Å². The van der Waals surface area contributed by atoms with E-state index in [0.29, 0.717) is 29.5 Å². The molecule has 0 aliphatic heterocycles. The van der Waals surface area contributed by atoms with E-state index in [0.717, 1.165) is 30.6 Å². The summed E-state index contributed by atoms with van der Waals surface area (Å²) in [5.74, 6) is 6.54. The van der Waals surface area contributed by atoms with Crippen molar-refractivity contribution in [1.82, 2.24) is 4.90 Å². The van der Waals surface area contributed by atoms with Gasteiger partial charge in [-0.05, 0) is 95.0 Å². The molecule has 0 aromatic heterocycles. The minimum Gasteiger partial charge on any atom is -0.494 e. The van der Waals surface area contributed by atoms with Crippen LogP contribution in [0.1, 0.15) is 62.9 Å². The van der Waals surface area contributed by atoms with Crippen molar-refractivity contribution in [3.63, 3.8) is 0 Å². The average molecular weight is 460 g/mol. The van der Waals surface area contributed by atoms with Crippen LogP contribution in [-0.4, -0.2) is 42.3 Å². The molecule has 174 valence electrons. The van der Waals surface area contributed by atoms with Gasteiger partial charge < -0.3 is 20.2 Å². The highest BCUT2D eigenvalue weighted by molar-refractivity contribution is 6.32. The third-order valence-electron chi connectivity index (χ3n) is 4.94. The molecule has 2 aromatic rings. The van der Waals surface area contributed by atoms with Gasteiger partial charge >= 0.3 is 0 Å². The lowest BCUT2D eigenvalue weighted by Gasteiger charge is -2.31. The highest BCUT2D eigenvalue weighted by atomic mass is 35.5. The molecule has 0 bridgehead atoms. The molecule has 0 saturated carbocycles. The number of unbranched alkanes of at least 4 members (excludes halogenated alkanes) is 2. The fourth-order valence-corrected chi connectivity index (χ4v) is 3.69. The van der Waals surface area contributed by atoms with Crippen LogP contribution < -0.4 is 15.3 Å². The predicted octanol–water partition coefficient (Wildman–Crippen LogP) is 5.52. The minimum absolute atomic E-state index is 0.0226. The van der Waals surface area contributed by atoms with Crippen LogP contribution in [-0.2, 0) is 0 Å². The Morgan fingerprint density at radius 3 is 2.19 bits per heavy atom. The summed E-state index contributed by atoms with van der Waals surface area (Å²) >= 11 is 6.37. The molecule has 32 heavy (non-hydrogen) atoms. The van der Waals surface area contributed by atoms with Crippen LogP contribution in [0.15, 0.2) is 47.6 Å². The van der Waals surface area contributed by atoms with E-state index < -0.39 is 0 Å². The Bertz CT molecular complexity index is 875. The Kier molecular flexibility index (Phi) is 10.3. The van der Waals surface area contributed by atoms with Crippen LogP contribution in [0.2, 0.25) is 5.02 Å². The van der Waals surface area contributed by atoms with Crippen LogP contribution in [0.25, 0.3) is 0 Å². The number of nitrogens with zero attached hydrogens (tertiary/aromatic N) is 2. The number of halogens is 1. The maximum Gasteiger partial charge on any atom is 0.254 e. The molecule has 0 radical (unpaired) electrons. The Hall–Kier alpha value is -2.73. The monoisotopic (exact) mass is 459 g/mol. The van der Waals surface area contributed by atoms with Crippen LogP contribution in [0.3, 0.4) is 0 Å². The SMILES string of the molecule is CC(C)N(C(=O)c1ccc(OCCCCCOc2ccc(C=NN)cc2)c(Cl)c1)C(C)C. The smallest absolute Gasteiger partial charge is 0.254 e. The second-order valence-corrected chi connectivity index (χ2v) is 8.56. The van der Waals surface area contributed by atoms with E-state index in [1.807, 2.05) is 56.9 Å². The molecular formula is C25H34ClN3O3. The number of hydrogen-bond donors (Lipinski definition) is 1. The molecule has 1 amide bonds. The second-order valence-electron chi connectivity index (χ2n) is 8.15. The van der Waals surface area contributed by atoms with E-state index in [-0.39, 0.29) is 18.0 Å². The summed E-state index contributed by atoms with van der Waals surface area (Å²) in [6.07, 6.45) is 4.38. The maximum absolute atomic E-state index is 12.8. The second kappa shape index (κ2) is 13.0.